The molecule has 0 amide bonds. The molecule has 14 heavy (non-hydrogen) atoms. The van der Waals surface area contributed by atoms with Crippen LogP contribution in [0.4, 0.5) is 4.39 Å². The van der Waals surface area contributed by atoms with Crippen LogP contribution in [-0.2, 0) is 0 Å². The molecule has 1 aromatic carbocycles. The Morgan fingerprint density at radius 3 is 2.64 bits per heavy atom. The molecule has 0 aliphatic rings. The van der Waals surface area contributed by atoms with Crippen molar-refractivity contribution >= 4 is 5.97 Å². The number of halogens is 1. The van der Waals surface area contributed by atoms with Gasteiger partial charge in [-0.2, -0.15) is 0 Å². The lowest BCUT2D eigenvalue weighted by molar-refractivity contribution is 0.0696. The van der Waals surface area contributed by atoms with Crippen molar-refractivity contribution in [3.63, 3.8) is 0 Å². The summed E-state index contributed by atoms with van der Waals surface area (Å²) in [5.41, 5.74) is 0.604. The zero-order valence-corrected chi connectivity index (χ0v) is 8.04. The molecule has 0 spiro atoms. The number of hydrogen-bond donors (Lipinski definition) is 2. The summed E-state index contributed by atoms with van der Waals surface area (Å²) in [6.45, 7) is 1.83. The molecule has 0 aliphatic heterocycles. The molecule has 0 bridgehead atoms. The Labute approximate surface area is 81.6 Å². The zero-order chi connectivity index (χ0) is 10.7. The van der Waals surface area contributed by atoms with E-state index in [1.807, 2.05) is 6.92 Å². The molecule has 0 unspecified atom stereocenters. The van der Waals surface area contributed by atoms with Crippen molar-refractivity contribution in [2.75, 3.05) is 7.05 Å². The Hall–Kier alpha value is -1.42. The maximum absolute atomic E-state index is 13.0. The second kappa shape index (κ2) is 4.19. The lowest BCUT2D eigenvalue weighted by Gasteiger charge is -2.11. The largest absolute Gasteiger partial charge is 0.478 e. The average Bonchev–Trinajstić information content (AvgIpc) is 2.15. The van der Waals surface area contributed by atoms with Gasteiger partial charge in [-0.05, 0) is 37.7 Å². The molecule has 0 fully saturated rings. The summed E-state index contributed by atoms with van der Waals surface area (Å²) in [6.07, 6.45) is 0. The van der Waals surface area contributed by atoms with Gasteiger partial charge in [0, 0.05) is 6.04 Å². The lowest BCUT2D eigenvalue weighted by atomic mass is 10.1. The summed E-state index contributed by atoms with van der Waals surface area (Å²) in [4.78, 5) is 10.6. The minimum absolute atomic E-state index is 0.0258. The van der Waals surface area contributed by atoms with Gasteiger partial charge in [-0.25, -0.2) is 9.18 Å². The van der Waals surface area contributed by atoms with Crippen molar-refractivity contribution in [1.82, 2.24) is 5.32 Å². The van der Waals surface area contributed by atoms with Gasteiger partial charge in [0.25, 0.3) is 0 Å². The molecule has 1 rings (SSSR count). The number of rotatable bonds is 3. The predicted molar refractivity (Wildman–Crippen MR) is 50.8 cm³/mol. The first-order valence-corrected chi connectivity index (χ1v) is 4.25. The van der Waals surface area contributed by atoms with E-state index < -0.39 is 11.8 Å². The number of benzene rings is 1. The molecule has 0 aromatic heterocycles. The summed E-state index contributed by atoms with van der Waals surface area (Å²) < 4.78 is 13.0. The number of carbonyl (C=O) groups is 1. The van der Waals surface area contributed by atoms with Gasteiger partial charge in [0.2, 0.25) is 0 Å². The predicted octanol–water partition coefficient (Wildman–Crippen LogP) is 1.80. The molecule has 76 valence electrons. The molecule has 1 aromatic rings. The topological polar surface area (TPSA) is 49.3 Å². The monoisotopic (exact) mass is 197 g/mol. The van der Waals surface area contributed by atoms with Gasteiger partial charge in [-0.1, -0.05) is 0 Å². The molecule has 0 heterocycles. The van der Waals surface area contributed by atoms with Crippen LogP contribution in [0.15, 0.2) is 18.2 Å². The van der Waals surface area contributed by atoms with E-state index in [0.717, 1.165) is 6.07 Å². The van der Waals surface area contributed by atoms with Crippen molar-refractivity contribution in [3.8, 4) is 0 Å². The van der Waals surface area contributed by atoms with Crippen LogP contribution >= 0.6 is 0 Å². The Bertz CT molecular complexity index is 352. The first-order valence-electron chi connectivity index (χ1n) is 4.25. The number of hydrogen-bond acceptors (Lipinski definition) is 2. The van der Waals surface area contributed by atoms with Crippen molar-refractivity contribution in [2.45, 2.75) is 13.0 Å². The van der Waals surface area contributed by atoms with Crippen LogP contribution in [0.5, 0.6) is 0 Å². The summed E-state index contributed by atoms with van der Waals surface area (Å²) in [5, 5.41) is 11.6. The number of carboxylic acids is 1. The van der Waals surface area contributed by atoms with E-state index in [-0.39, 0.29) is 11.6 Å². The van der Waals surface area contributed by atoms with Gasteiger partial charge in [-0.15, -0.1) is 0 Å². The van der Waals surface area contributed by atoms with Crippen LogP contribution < -0.4 is 5.32 Å². The molecule has 2 N–H and O–H groups in total. The summed E-state index contributed by atoms with van der Waals surface area (Å²) in [7, 11) is 1.73. The van der Waals surface area contributed by atoms with E-state index in [1.54, 1.807) is 7.05 Å². The van der Waals surface area contributed by atoms with Crippen molar-refractivity contribution in [3.05, 3.63) is 35.1 Å². The van der Waals surface area contributed by atoms with Crippen LogP contribution in [0.25, 0.3) is 0 Å². The van der Waals surface area contributed by atoms with E-state index in [9.17, 15) is 9.18 Å². The Kier molecular flexibility index (Phi) is 3.19. The molecular formula is C10H12FNO2. The molecule has 4 heteroatoms. The van der Waals surface area contributed by atoms with Crippen molar-refractivity contribution in [2.24, 2.45) is 0 Å². The van der Waals surface area contributed by atoms with E-state index >= 15 is 0 Å². The highest BCUT2D eigenvalue weighted by Gasteiger charge is 2.10. The van der Waals surface area contributed by atoms with Crippen molar-refractivity contribution in [1.29, 1.82) is 0 Å². The van der Waals surface area contributed by atoms with Gasteiger partial charge in [0.15, 0.2) is 0 Å². The van der Waals surface area contributed by atoms with E-state index in [0.29, 0.717) is 5.56 Å². The van der Waals surface area contributed by atoms with Crippen LogP contribution in [-0.4, -0.2) is 18.1 Å². The van der Waals surface area contributed by atoms with Crippen LogP contribution in [0.1, 0.15) is 28.9 Å². The highest BCUT2D eigenvalue weighted by Crippen LogP contribution is 2.16. The van der Waals surface area contributed by atoms with Gasteiger partial charge >= 0.3 is 5.97 Å². The fourth-order valence-electron chi connectivity index (χ4n) is 1.15. The smallest absolute Gasteiger partial charge is 0.335 e. The third-order valence-electron chi connectivity index (χ3n) is 2.10. The highest BCUT2D eigenvalue weighted by molar-refractivity contribution is 5.87. The lowest BCUT2D eigenvalue weighted by Crippen LogP contribution is -2.13. The highest BCUT2D eigenvalue weighted by atomic mass is 19.1. The normalized spacial score (nSPS) is 12.5. The molecule has 0 radical (unpaired) electrons. The maximum atomic E-state index is 13.0. The van der Waals surface area contributed by atoms with Crippen LogP contribution in [0.2, 0.25) is 0 Å². The third kappa shape index (κ3) is 2.29. The zero-order valence-electron chi connectivity index (χ0n) is 8.04. The van der Waals surface area contributed by atoms with E-state index in [2.05, 4.69) is 5.32 Å². The summed E-state index contributed by atoms with van der Waals surface area (Å²) in [5.74, 6) is -1.64. The van der Waals surface area contributed by atoms with E-state index in [4.69, 9.17) is 5.11 Å². The number of nitrogens with one attached hydrogen (secondary N) is 1. The first kappa shape index (κ1) is 10.7. The van der Waals surface area contributed by atoms with Gasteiger partial charge in [-0.3, -0.25) is 0 Å². The Morgan fingerprint density at radius 1 is 1.50 bits per heavy atom. The molecule has 1 atom stereocenters. The summed E-state index contributed by atoms with van der Waals surface area (Å²) in [6, 6.07) is 3.73. The first-order chi connectivity index (χ1) is 6.54. The van der Waals surface area contributed by atoms with Gasteiger partial charge in [0.05, 0.1) is 5.56 Å². The second-order valence-electron chi connectivity index (χ2n) is 3.09. The maximum Gasteiger partial charge on any atom is 0.335 e. The van der Waals surface area contributed by atoms with Crippen molar-refractivity contribution < 1.29 is 14.3 Å². The average molecular weight is 197 g/mol. The Morgan fingerprint density at radius 2 is 2.14 bits per heavy atom. The Balaban J connectivity index is 3.13. The molecule has 0 aliphatic carbocycles. The number of carboxylic acid groups (broad SMARTS) is 1. The summed E-state index contributed by atoms with van der Waals surface area (Å²) >= 11 is 0. The quantitative estimate of drug-likeness (QED) is 0.776. The minimum atomic E-state index is -1.12. The fraction of sp³-hybridized carbons (Fsp3) is 0.300. The number of aromatic carboxylic acids is 1. The van der Waals surface area contributed by atoms with Gasteiger partial charge in [0.1, 0.15) is 5.82 Å². The molecule has 3 nitrogen and oxygen atoms in total. The standard InChI is InChI=1S/C10H12FNO2/c1-6(12-2)7-3-8(10(13)14)5-9(11)4-7/h3-6,12H,1-2H3,(H,13,14)/t6-/m0/s1. The fourth-order valence-corrected chi connectivity index (χ4v) is 1.15. The van der Waals surface area contributed by atoms with Gasteiger partial charge < -0.3 is 10.4 Å². The molecule has 0 saturated carbocycles. The molecule has 0 saturated heterocycles. The second-order valence-corrected chi connectivity index (χ2v) is 3.09. The van der Waals surface area contributed by atoms with Crippen LogP contribution in [0, 0.1) is 5.82 Å². The SMILES string of the molecule is CN[C@@H](C)c1cc(F)cc(C(=O)O)c1. The third-order valence-corrected chi connectivity index (χ3v) is 2.10. The minimum Gasteiger partial charge on any atom is -0.478 e. The van der Waals surface area contributed by atoms with E-state index in [1.165, 1.54) is 12.1 Å². The van der Waals surface area contributed by atoms with Crippen LogP contribution in [0.3, 0.4) is 0 Å². The molecular weight excluding hydrogens is 185 g/mol.